The minimum Gasteiger partial charge on any atom is -0.497 e. The lowest BCUT2D eigenvalue weighted by Gasteiger charge is -2.06. The number of hydrogen-bond acceptors (Lipinski definition) is 7. The van der Waals surface area contributed by atoms with Crippen molar-refractivity contribution in [2.24, 2.45) is 5.10 Å². The number of thioether (sulfide) groups is 1. The van der Waals surface area contributed by atoms with E-state index < -0.39 is 0 Å². The molecule has 0 N–H and O–H groups in total. The van der Waals surface area contributed by atoms with Gasteiger partial charge in [0, 0.05) is 16.3 Å². The Kier molecular flexibility index (Phi) is 7.61. The fourth-order valence-electron chi connectivity index (χ4n) is 3.06. The minimum atomic E-state index is -0.362. The summed E-state index contributed by atoms with van der Waals surface area (Å²) in [6.45, 7) is 0. The highest BCUT2D eigenvalue weighted by Crippen LogP contribution is 2.27. The number of carbonyl (C=O) groups excluding carboxylic acids is 1. The third-order valence-electron chi connectivity index (χ3n) is 4.90. The fraction of sp³-hybridized carbons (Fsp3) is 0.120. The summed E-state index contributed by atoms with van der Waals surface area (Å²) in [6, 6.07) is 22.2. The van der Waals surface area contributed by atoms with Crippen molar-refractivity contribution < 1.29 is 14.3 Å². The molecule has 0 amide bonds. The third-order valence-corrected chi connectivity index (χ3v) is 6.14. The molecular weight excluding hydrogens is 472 g/mol. The van der Waals surface area contributed by atoms with Gasteiger partial charge in [-0.05, 0) is 71.8 Å². The summed E-state index contributed by atoms with van der Waals surface area (Å²) in [6.07, 6.45) is 1.75. The van der Waals surface area contributed by atoms with Crippen molar-refractivity contribution in [1.82, 2.24) is 14.9 Å². The van der Waals surface area contributed by atoms with Crippen LogP contribution in [0, 0.1) is 0 Å². The highest BCUT2D eigenvalue weighted by Gasteiger charge is 2.15. The number of halogens is 1. The van der Waals surface area contributed by atoms with Crippen LogP contribution in [0.4, 0.5) is 0 Å². The Bertz CT molecular complexity index is 1290. The number of methoxy groups -OCH3 is 2. The molecule has 3 aromatic carbocycles. The number of nitrogens with zero attached hydrogens (tertiary/aromatic N) is 4. The van der Waals surface area contributed by atoms with Crippen LogP contribution >= 0.6 is 23.4 Å². The lowest BCUT2D eigenvalue weighted by atomic mass is 10.1. The summed E-state index contributed by atoms with van der Waals surface area (Å²) in [5.74, 6) is 1.64. The van der Waals surface area contributed by atoms with Gasteiger partial charge in [0.15, 0.2) is 5.82 Å². The van der Waals surface area contributed by atoms with E-state index >= 15 is 0 Å². The van der Waals surface area contributed by atoms with E-state index in [1.165, 1.54) is 18.9 Å². The summed E-state index contributed by atoms with van der Waals surface area (Å²) < 4.78 is 11.7. The quantitative estimate of drug-likeness (QED) is 0.182. The molecule has 172 valence electrons. The SMILES string of the molecule is COC(=O)c1ccc(CSc2nnc(-c3ccc(Cl)cc3)n2N=Cc2ccc(OC)cc2)cc1. The molecule has 0 saturated carbocycles. The summed E-state index contributed by atoms with van der Waals surface area (Å²) >= 11 is 7.55. The maximum Gasteiger partial charge on any atom is 0.337 e. The number of hydrogen-bond donors (Lipinski definition) is 0. The number of ether oxygens (including phenoxy) is 2. The maximum absolute atomic E-state index is 11.7. The topological polar surface area (TPSA) is 78.6 Å². The van der Waals surface area contributed by atoms with Crippen LogP contribution in [0.1, 0.15) is 21.5 Å². The lowest BCUT2D eigenvalue weighted by Crippen LogP contribution is -2.00. The van der Waals surface area contributed by atoms with Crippen molar-refractivity contribution in [3.63, 3.8) is 0 Å². The molecule has 0 aliphatic rings. The van der Waals surface area contributed by atoms with Gasteiger partial charge in [0.05, 0.1) is 26.0 Å². The Labute approximate surface area is 206 Å². The largest absolute Gasteiger partial charge is 0.497 e. The van der Waals surface area contributed by atoms with Crippen LogP contribution in [0.15, 0.2) is 83.1 Å². The summed E-state index contributed by atoms with van der Waals surface area (Å²) in [7, 11) is 2.99. The molecule has 7 nitrogen and oxygen atoms in total. The standard InChI is InChI=1S/C25H21ClN4O3S/c1-32-22-13-5-17(6-14-22)15-27-30-23(19-9-11-21(26)12-10-19)28-29-25(30)34-16-18-3-7-20(8-4-18)24(31)33-2/h3-15H,16H2,1-2H3. The molecule has 0 aliphatic heterocycles. The Morgan fingerprint density at radius 2 is 1.71 bits per heavy atom. The zero-order valence-electron chi connectivity index (χ0n) is 18.5. The summed E-state index contributed by atoms with van der Waals surface area (Å²) in [4.78, 5) is 11.7. The summed E-state index contributed by atoms with van der Waals surface area (Å²) in [5, 5.41) is 14.7. The third kappa shape index (κ3) is 5.65. The Hall–Kier alpha value is -3.62. The van der Waals surface area contributed by atoms with Crippen molar-refractivity contribution in [2.75, 3.05) is 14.2 Å². The zero-order valence-corrected chi connectivity index (χ0v) is 20.1. The van der Waals surface area contributed by atoms with Crippen molar-refractivity contribution in [3.05, 3.63) is 94.5 Å². The van der Waals surface area contributed by atoms with Gasteiger partial charge in [-0.2, -0.15) is 9.78 Å². The molecule has 9 heteroatoms. The molecule has 0 aliphatic carbocycles. The van der Waals surface area contributed by atoms with Crippen LogP contribution in [-0.2, 0) is 10.5 Å². The summed E-state index contributed by atoms with van der Waals surface area (Å²) in [5.41, 5.74) is 3.29. The first-order valence-electron chi connectivity index (χ1n) is 10.3. The Morgan fingerprint density at radius 1 is 1.00 bits per heavy atom. The molecule has 34 heavy (non-hydrogen) atoms. The van der Waals surface area contributed by atoms with Crippen molar-refractivity contribution in [2.45, 2.75) is 10.9 Å². The van der Waals surface area contributed by atoms with Crippen molar-refractivity contribution in [3.8, 4) is 17.1 Å². The lowest BCUT2D eigenvalue weighted by molar-refractivity contribution is 0.0600. The zero-order chi connectivity index (χ0) is 23.9. The molecule has 1 heterocycles. The van der Waals surface area contributed by atoms with Crippen LogP contribution in [0.3, 0.4) is 0 Å². The van der Waals surface area contributed by atoms with Gasteiger partial charge in [0.2, 0.25) is 5.16 Å². The maximum atomic E-state index is 11.7. The van der Waals surface area contributed by atoms with E-state index in [1.807, 2.05) is 48.5 Å². The average Bonchev–Trinajstić information content (AvgIpc) is 3.29. The minimum absolute atomic E-state index is 0.362. The van der Waals surface area contributed by atoms with Gasteiger partial charge in [-0.15, -0.1) is 10.2 Å². The number of benzene rings is 3. The van der Waals surface area contributed by atoms with Gasteiger partial charge >= 0.3 is 5.97 Å². The van der Waals surface area contributed by atoms with E-state index in [9.17, 15) is 4.79 Å². The van der Waals surface area contributed by atoms with Gasteiger partial charge in [-0.1, -0.05) is 35.5 Å². The Morgan fingerprint density at radius 3 is 2.35 bits per heavy atom. The molecule has 4 rings (SSSR count). The van der Waals surface area contributed by atoms with Crippen LogP contribution in [-0.4, -0.2) is 41.3 Å². The van der Waals surface area contributed by atoms with E-state index in [2.05, 4.69) is 15.3 Å². The highest BCUT2D eigenvalue weighted by molar-refractivity contribution is 7.98. The van der Waals surface area contributed by atoms with Crippen LogP contribution in [0.25, 0.3) is 11.4 Å². The molecule has 0 saturated heterocycles. The second-order valence-corrected chi connectivity index (χ2v) is 8.50. The van der Waals surface area contributed by atoms with Gasteiger partial charge in [-0.25, -0.2) is 4.79 Å². The molecule has 0 spiro atoms. The highest BCUT2D eigenvalue weighted by atomic mass is 35.5. The number of aromatic nitrogens is 3. The monoisotopic (exact) mass is 492 g/mol. The van der Waals surface area contributed by atoms with Gasteiger partial charge in [0.1, 0.15) is 5.75 Å². The van der Waals surface area contributed by atoms with E-state index in [0.29, 0.717) is 27.3 Å². The van der Waals surface area contributed by atoms with Gasteiger partial charge in [-0.3, -0.25) is 0 Å². The fourth-order valence-corrected chi connectivity index (χ4v) is 4.02. The molecule has 0 bridgehead atoms. The molecular formula is C25H21ClN4O3S. The second kappa shape index (κ2) is 11.0. The molecule has 0 atom stereocenters. The predicted octanol–water partition coefficient (Wildman–Crippen LogP) is 5.57. The average molecular weight is 493 g/mol. The van der Waals surface area contributed by atoms with E-state index in [4.69, 9.17) is 21.1 Å². The van der Waals surface area contributed by atoms with E-state index in [-0.39, 0.29) is 5.97 Å². The second-order valence-electron chi connectivity index (χ2n) is 7.12. The first-order valence-corrected chi connectivity index (χ1v) is 11.6. The smallest absolute Gasteiger partial charge is 0.337 e. The number of carbonyl (C=O) groups is 1. The van der Waals surface area contributed by atoms with Crippen molar-refractivity contribution >= 4 is 35.5 Å². The van der Waals surface area contributed by atoms with Gasteiger partial charge in [0.25, 0.3) is 0 Å². The van der Waals surface area contributed by atoms with E-state index in [1.54, 1.807) is 42.3 Å². The van der Waals surface area contributed by atoms with Crippen LogP contribution in [0.2, 0.25) is 5.02 Å². The Balaban J connectivity index is 1.60. The molecule has 0 fully saturated rings. The van der Waals surface area contributed by atoms with Crippen LogP contribution < -0.4 is 4.74 Å². The molecule has 0 unspecified atom stereocenters. The predicted molar refractivity (Wildman–Crippen MR) is 134 cm³/mol. The first-order chi connectivity index (χ1) is 16.6. The van der Waals surface area contributed by atoms with E-state index in [0.717, 1.165) is 22.4 Å². The number of esters is 1. The van der Waals surface area contributed by atoms with Crippen LogP contribution in [0.5, 0.6) is 5.75 Å². The molecule has 4 aromatic rings. The number of rotatable bonds is 8. The first kappa shape index (κ1) is 23.5. The van der Waals surface area contributed by atoms with Crippen molar-refractivity contribution in [1.29, 1.82) is 0 Å². The van der Waals surface area contributed by atoms with Gasteiger partial charge < -0.3 is 9.47 Å². The normalized spacial score (nSPS) is 11.0. The molecule has 0 radical (unpaired) electrons. The molecule has 1 aromatic heterocycles.